The Morgan fingerprint density at radius 2 is 1.89 bits per heavy atom. The molecule has 2 aliphatic rings. The summed E-state index contributed by atoms with van der Waals surface area (Å²) in [6.07, 6.45) is 5.37. The van der Waals surface area contributed by atoms with E-state index in [1.54, 1.807) is 0 Å². The summed E-state index contributed by atoms with van der Waals surface area (Å²) in [5.74, 6) is 1.53. The van der Waals surface area contributed by atoms with Crippen LogP contribution in [0, 0.1) is 5.92 Å². The first-order chi connectivity index (χ1) is 12.7. The quantitative estimate of drug-likeness (QED) is 0.308. The van der Waals surface area contributed by atoms with Gasteiger partial charge in [-0.1, -0.05) is 27.2 Å². The fourth-order valence-corrected chi connectivity index (χ4v) is 4.25. The Hall–Kier alpha value is -0.120. The molecule has 0 aromatic carbocycles. The molecule has 0 aliphatic carbocycles. The molecule has 0 saturated carbocycles. The third kappa shape index (κ3) is 8.41. The van der Waals surface area contributed by atoms with Crippen molar-refractivity contribution in [2.75, 3.05) is 59.5 Å². The van der Waals surface area contributed by atoms with Crippen LogP contribution in [0.25, 0.3) is 0 Å². The van der Waals surface area contributed by atoms with Crippen LogP contribution < -0.4 is 10.6 Å². The minimum atomic E-state index is 0. The summed E-state index contributed by atoms with van der Waals surface area (Å²) in [7, 11) is 1.87. The lowest BCUT2D eigenvalue weighted by atomic mass is 10.0. The Morgan fingerprint density at radius 3 is 2.52 bits per heavy atom. The molecule has 27 heavy (non-hydrogen) atoms. The molecule has 0 amide bonds. The van der Waals surface area contributed by atoms with E-state index in [1.165, 1.54) is 32.2 Å². The average molecular weight is 495 g/mol. The lowest BCUT2D eigenvalue weighted by molar-refractivity contribution is 0.00752. The van der Waals surface area contributed by atoms with E-state index in [1.807, 2.05) is 7.05 Å². The highest BCUT2D eigenvalue weighted by atomic mass is 127. The van der Waals surface area contributed by atoms with Crippen molar-refractivity contribution < 1.29 is 4.74 Å². The van der Waals surface area contributed by atoms with E-state index in [0.717, 1.165) is 57.9 Å². The summed E-state index contributed by atoms with van der Waals surface area (Å²) < 4.78 is 5.50. The van der Waals surface area contributed by atoms with Crippen molar-refractivity contribution in [3.8, 4) is 0 Å². The Balaban J connectivity index is 0.00000364. The highest BCUT2D eigenvalue weighted by Gasteiger charge is 2.24. The van der Waals surface area contributed by atoms with Crippen LogP contribution in [-0.4, -0.2) is 87.4 Å². The highest BCUT2D eigenvalue weighted by Crippen LogP contribution is 2.18. The van der Waals surface area contributed by atoms with Crippen LogP contribution in [-0.2, 0) is 4.74 Å². The Bertz CT molecular complexity index is 415. The SMILES string of the molecule is CCC1CCCCN1CCNC(=NC)NCC(C(C)C)N1CCOCC1.I. The van der Waals surface area contributed by atoms with Gasteiger partial charge in [-0.15, -0.1) is 24.0 Å². The standard InChI is InChI=1S/C20H41N5O.HI/c1-5-18-8-6-7-10-24(18)11-9-22-20(21-4)23-16-19(17(2)3)25-12-14-26-15-13-25;/h17-19H,5-16H2,1-4H3,(H2,21,22,23);1H. The van der Waals surface area contributed by atoms with Gasteiger partial charge in [-0.05, 0) is 31.7 Å². The number of guanidine groups is 1. The Labute approximate surface area is 183 Å². The zero-order valence-corrected chi connectivity index (χ0v) is 20.2. The van der Waals surface area contributed by atoms with Crippen LogP contribution in [0.15, 0.2) is 4.99 Å². The van der Waals surface area contributed by atoms with Crippen molar-refractivity contribution in [2.45, 2.75) is 58.5 Å². The second-order valence-corrected chi connectivity index (χ2v) is 7.93. The lowest BCUT2D eigenvalue weighted by Crippen LogP contribution is -2.53. The van der Waals surface area contributed by atoms with Crippen LogP contribution in [0.3, 0.4) is 0 Å². The van der Waals surface area contributed by atoms with Crippen LogP contribution in [0.2, 0.25) is 0 Å². The van der Waals surface area contributed by atoms with E-state index in [2.05, 4.69) is 46.2 Å². The molecule has 6 nitrogen and oxygen atoms in total. The molecule has 2 fully saturated rings. The van der Waals surface area contributed by atoms with E-state index in [0.29, 0.717) is 12.0 Å². The average Bonchev–Trinajstić information content (AvgIpc) is 2.67. The molecular weight excluding hydrogens is 453 g/mol. The van der Waals surface area contributed by atoms with E-state index in [-0.39, 0.29) is 24.0 Å². The number of morpholine rings is 1. The van der Waals surface area contributed by atoms with Crippen molar-refractivity contribution in [3.63, 3.8) is 0 Å². The first-order valence-electron chi connectivity index (χ1n) is 10.7. The Morgan fingerprint density at radius 1 is 1.15 bits per heavy atom. The second kappa shape index (κ2) is 14.0. The zero-order chi connectivity index (χ0) is 18.8. The first-order valence-corrected chi connectivity index (χ1v) is 10.7. The summed E-state index contributed by atoms with van der Waals surface area (Å²) in [6, 6.07) is 1.29. The monoisotopic (exact) mass is 495 g/mol. The van der Waals surface area contributed by atoms with Gasteiger partial charge in [-0.2, -0.15) is 0 Å². The molecule has 2 saturated heterocycles. The minimum absolute atomic E-state index is 0. The predicted molar refractivity (Wildman–Crippen MR) is 125 cm³/mol. The molecule has 7 heteroatoms. The van der Waals surface area contributed by atoms with Crippen molar-refractivity contribution in [1.82, 2.24) is 20.4 Å². The van der Waals surface area contributed by atoms with Gasteiger partial charge in [0.1, 0.15) is 0 Å². The fourth-order valence-electron chi connectivity index (χ4n) is 4.25. The third-order valence-electron chi connectivity index (χ3n) is 5.90. The van der Waals surface area contributed by atoms with Gasteiger partial charge in [-0.25, -0.2) is 0 Å². The molecule has 0 radical (unpaired) electrons. The van der Waals surface area contributed by atoms with Crippen LogP contribution in [0.5, 0.6) is 0 Å². The molecule has 2 atom stereocenters. The number of likely N-dealkylation sites (tertiary alicyclic amines) is 1. The van der Waals surface area contributed by atoms with Gasteiger partial charge in [0, 0.05) is 51.9 Å². The van der Waals surface area contributed by atoms with Gasteiger partial charge in [0.25, 0.3) is 0 Å². The van der Waals surface area contributed by atoms with Crippen molar-refractivity contribution >= 4 is 29.9 Å². The molecule has 160 valence electrons. The fraction of sp³-hybridized carbons (Fsp3) is 0.950. The number of rotatable bonds is 8. The summed E-state index contributed by atoms with van der Waals surface area (Å²) >= 11 is 0. The molecule has 2 heterocycles. The van der Waals surface area contributed by atoms with Gasteiger partial charge in [-0.3, -0.25) is 14.8 Å². The van der Waals surface area contributed by atoms with E-state index >= 15 is 0 Å². The van der Waals surface area contributed by atoms with Crippen LogP contribution >= 0.6 is 24.0 Å². The maximum atomic E-state index is 5.50. The predicted octanol–water partition coefficient (Wildman–Crippen LogP) is 2.39. The Kier molecular flexibility index (Phi) is 12.9. The lowest BCUT2D eigenvalue weighted by Gasteiger charge is -2.37. The molecule has 0 bridgehead atoms. The largest absolute Gasteiger partial charge is 0.379 e. The van der Waals surface area contributed by atoms with Crippen molar-refractivity contribution in [1.29, 1.82) is 0 Å². The smallest absolute Gasteiger partial charge is 0.191 e. The molecule has 2 N–H and O–H groups in total. The zero-order valence-electron chi connectivity index (χ0n) is 17.9. The minimum Gasteiger partial charge on any atom is -0.379 e. The van der Waals surface area contributed by atoms with Crippen molar-refractivity contribution in [2.24, 2.45) is 10.9 Å². The highest BCUT2D eigenvalue weighted by molar-refractivity contribution is 14.0. The van der Waals surface area contributed by atoms with Gasteiger partial charge in [0.05, 0.1) is 13.2 Å². The summed E-state index contributed by atoms with van der Waals surface area (Å²) in [6.45, 7) is 14.9. The third-order valence-corrected chi connectivity index (χ3v) is 5.90. The normalized spacial score (nSPS) is 23.7. The summed E-state index contributed by atoms with van der Waals surface area (Å²) in [5.41, 5.74) is 0. The summed E-state index contributed by atoms with van der Waals surface area (Å²) in [4.78, 5) is 9.62. The molecule has 2 aliphatic heterocycles. The number of aliphatic imine (C=N–C) groups is 1. The number of halogens is 1. The number of nitrogens with zero attached hydrogens (tertiary/aromatic N) is 3. The number of nitrogens with one attached hydrogen (secondary N) is 2. The van der Waals surface area contributed by atoms with Gasteiger partial charge < -0.3 is 15.4 Å². The molecule has 2 unspecified atom stereocenters. The maximum absolute atomic E-state index is 5.50. The number of hydrogen-bond acceptors (Lipinski definition) is 4. The molecule has 0 aromatic rings. The number of hydrogen-bond donors (Lipinski definition) is 2. The van der Waals surface area contributed by atoms with Gasteiger partial charge >= 0.3 is 0 Å². The first kappa shape index (κ1) is 24.9. The van der Waals surface area contributed by atoms with E-state index in [9.17, 15) is 0 Å². The number of piperidine rings is 1. The maximum Gasteiger partial charge on any atom is 0.191 e. The van der Waals surface area contributed by atoms with Crippen LogP contribution in [0.4, 0.5) is 0 Å². The van der Waals surface area contributed by atoms with Gasteiger partial charge in [0.2, 0.25) is 0 Å². The molecule has 0 aromatic heterocycles. The van der Waals surface area contributed by atoms with Crippen molar-refractivity contribution in [3.05, 3.63) is 0 Å². The van der Waals surface area contributed by atoms with E-state index in [4.69, 9.17) is 4.74 Å². The molecule has 0 spiro atoms. The van der Waals surface area contributed by atoms with Crippen LogP contribution in [0.1, 0.15) is 46.5 Å². The molecule has 2 rings (SSSR count). The topological polar surface area (TPSA) is 52.1 Å². The van der Waals surface area contributed by atoms with E-state index < -0.39 is 0 Å². The molecular formula is C20H42IN5O. The second-order valence-electron chi connectivity index (χ2n) is 7.93. The summed E-state index contributed by atoms with van der Waals surface area (Å²) in [5, 5.41) is 7.06. The van der Waals surface area contributed by atoms with Gasteiger partial charge in [0.15, 0.2) is 5.96 Å². The number of ether oxygens (including phenoxy) is 1.